The van der Waals surface area contributed by atoms with Gasteiger partial charge in [0, 0.05) is 26.2 Å². The summed E-state index contributed by atoms with van der Waals surface area (Å²) in [7, 11) is 0. The van der Waals surface area contributed by atoms with Crippen LogP contribution in [0.25, 0.3) is 0 Å². The molecule has 0 spiro atoms. The minimum atomic E-state index is 0.00176. The molecule has 1 fully saturated rings. The summed E-state index contributed by atoms with van der Waals surface area (Å²) in [5, 5.41) is 7.10. The first-order valence-electron chi connectivity index (χ1n) is 4.66. The Morgan fingerprint density at radius 3 is 2.93 bits per heavy atom. The molecule has 0 radical (unpaired) electrons. The fourth-order valence-electron chi connectivity index (χ4n) is 1.38. The number of nitrogens with zero attached hydrogens (tertiary/aromatic N) is 1. The maximum absolute atomic E-state index is 11.6. The average molecular weight is 211 g/mol. The third kappa shape index (κ3) is 2.31. The van der Waals surface area contributed by atoms with Crippen molar-refractivity contribution in [2.24, 2.45) is 0 Å². The number of hydrazine groups is 1. The minimum Gasteiger partial charge on any atom is -0.314 e. The molecule has 0 unspecified atom stereocenters. The van der Waals surface area contributed by atoms with Crippen LogP contribution < -0.4 is 10.7 Å². The molecule has 1 saturated heterocycles. The van der Waals surface area contributed by atoms with Crippen LogP contribution in [0.4, 0.5) is 0 Å². The lowest BCUT2D eigenvalue weighted by molar-refractivity contribution is 0.0769. The number of nitrogens with one attached hydrogen (secondary N) is 2. The minimum absolute atomic E-state index is 0.00176. The smallest absolute Gasteiger partial charge is 0.275 e. The molecule has 1 amide bonds. The van der Waals surface area contributed by atoms with Crippen LogP contribution in [-0.4, -0.2) is 37.1 Å². The fraction of sp³-hybridized carbons (Fsp3) is 0.444. The van der Waals surface area contributed by atoms with Crippen molar-refractivity contribution in [3.63, 3.8) is 0 Å². The summed E-state index contributed by atoms with van der Waals surface area (Å²) < 4.78 is 0. The largest absolute Gasteiger partial charge is 0.314 e. The van der Waals surface area contributed by atoms with Gasteiger partial charge in [0.15, 0.2) is 0 Å². The van der Waals surface area contributed by atoms with Gasteiger partial charge >= 0.3 is 0 Å². The van der Waals surface area contributed by atoms with E-state index in [0.29, 0.717) is 0 Å². The summed E-state index contributed by atoms with van der Waals surface area (Å²) in [6.45, 7) is 3.61. The third-order valence-electron chi connectivity index (χ3n) is 2.12. The molecule has 4 nitrogen and oxygen atoms in total. The van der Waals surface area contributed by atoms with Gasteiger partial charge in [-0.1, -0.05) is 6.07 Å². The Kier molecular flexibility index (Phi) is 3.13. The molecule has 2 rings (SSSR count). The molecule has 0 bridgehead atoms. The van der Waals surface area contributed by atoms with Crippen LogP contribution >= 0.6 is 11.3 Å². The van der Waals surface area contributed by atoms with Gasteiger partial charge in [-0.15, -0.1) is 11.3 Å². The Morgan fingerprint density at radius 2 is 2.29 bits per heavy atom. The summed E-state index contributed by atoms with van der Waals surface area (Å²) >= 11 is 1.47. The molecule has 2 N–H and O–H groups in total. The van der Waals surface area contributed by atoms with Crippen LogP contribution in [0.15, 0.2) is 17.5 Å². The molecule has 14 heavy (non-hydrogen) atoms. The lowest BCUT2D eigenvalue weighted by Gasteiger charge is -2.27. The van der Waals surface area contributed by atoms with Gasteiger partial charge in [0.25, 0.3) is 5.91 Å². The van der Waals surface area contributed by atoms with Crippen molar-refractivity contribution in [2.45, 2.75) is 0 Å². The molecule has 2 heterocycles. The molecule has 76 valence electrons. The number of hydrogen-bond donors (Lipinski definition) is 2. The zero-order valence-corrected chi connectivity index (χ0v) is 8.64. The highest BCUT2D eigenvalue weighted by Crippen LogP contribution is 2.07. The van der Waals surface area contributed by atoms with E-state index < -0.39 is 0 Å². The third-order valence-corrected chi connectivity index (χ3v) is 2.99. The summed E-state index contributed by atoms with van der Waals surface area (Å²) in [6.07, 6.45) is 0. The van der Waals surface area contributed by atoms with E-state index in [9.17, 15) is 4.79 Å². The van der Waals surface area contributed by atoms with Crippen molar-refractivity contribution in [2.75, 3.05) is 26.2 Å². The van der Waals surface area contributed by atoms with Gasteiger partial charge in [0.05, 0.1) is 4.88 Å². The van der Waals surface area contributed by atoms with E-state index in [1.165, 1.54) is 11.3 Å². The Hall–Kier alpha value is -0.910. The van der Waals surface area contributed by atoms with Crippen molar-refractivity contribution >= 4 is 17.2 Å². The SMILES string of the molecule is O=C(NN1CCNCC1)c1cccs1. The van der Waals surface area contributed by atoms with Crippen LogP contribution in [0.3, 0.4) is 0 Å². The number of hydrogen-bond acceptors (Lipinski definition) is 4. The van der Waals surface area contributed by atoms with Crippen LogP contribution in [0.1, 0.15) is 9.67 Å². The zero-order valence-electron chi connectivity index (χ0n) is 7.82. The quantitative estimate of drug-likeness (QED) is 0.739. The average Bonchev–Trinajstić information content (AvgIpc) is 2.72. The number of rotatable bonds is 2. The maximum atomic E-state index is 11.6. The monoisotopic (exact) mass is 211 g/mol. The van der Waals surface area contributed by atoms with Gasteiger partial charge in [0.2, 0.25) is 0 Å². The second kappa shape index (κ2) is 4.54. The second-order valence-electron chi connectivity index (χ2n) is 3.16. The van der Waals surface area contributed by atoms with Gasteiger partial charge in [-0.05, 0) is 11.4 Å². The van der Waals surface area contributed by atoms with Gasteiger partial charge in [-0.2, -0.15) is 0 Å². The first kappa shape index (κ1) is 9.64. The van der Waals surface area contributed by atoms with Crippen LogP contribution in [0.2, 0.25) is 0 Å². The van der Waals surface area contributed by atoms with Crippen molar-refractivity contribution < 1.29 is 4.79 Å². The van der Waals surface area contributed by atoms with E-state index in [-0.39, 0.29) is 5.91 Å². The fourth-order valence-corrected chi connectivity index (χ4v) is 2.00. The Morgan fingerprint density at radius 1 is 1.50 bits per heavy atom. The van der Waals surface area contributed by atoms with Gasteiger partial charge in [-0.25, -0.2) is 5.01 Å². The summed E-state index contributed by atoms with van der Waals surface area (Å²) in [4.78, 5) is 12.4. The van der Waals surface area contributed by atoms with Crippen LogP contribution in [-0.2, 0) is 0 Å². The van der Waals surface area contributed by atoms with Gasteiger partial charge in [0.1, 0.15) is 0 Å². The van der Waals surface area contributed by atoms with E-state index in [4.69, 9.17) is 0 Å². The van der Waals surface area contributed by atoms with E-state index in [1.54, 1.807) is 0 Å². The predicted octanol–water partition coefficient (Wildman–Crippen LogP) is 0.298. The maximum Gasteiger partial charge on any atom is 0.275 e. The molecule has 1 aliphatic heterocycles. The van der Waals surface area contributed by atoms with Crippen LogP contribution in [0, 0.1) is 0 Å². The van der Waals surface area contributed by atoms with Crippen molar-refractivity contribution in [1.82, 2.24) is 15.8 Å². The summed E-state index contributed by atoms with van der Waals surface area (Å²) in [6, 6.07) is 3.72. The van der Waals surface area contributed by atoms with E-state index in [1.807, 2.05) is 22.5 Å². The highest BCUT2D eigenvalue weighted by molar-refractivity contribution is 7.12. The lowest BCUT2D eigenvalue weighted by Crippen LogP contribution is -2.52. The predicted molar refractivity (Wildman–Crippen MR) is 56.2 cm³/mol. The highest BCUT2D eigenvalue weighted by Gasteiger charge is 2.13. The Bertz CT molecular complexity index is 293. The van der Waals surface area contributed by atoms with Crippen molar-refractivity contribution in [1.29, 1.82) is 0 Å². The van der Waals surface area contributed by atoms with Gasteiger partial charge < -0.3 is 5.32 Å². The molecule has 0 aromatic carbocycles. The van der Waals surface area contributed by atoms with Crippen LogP contribution in [0.5, 0.6) is 0 Å². The summed E-state index contributed by atoms with van der Waals surface area (Å²) in [5.41, 5.74) is 2.89. The second-order valence-corrected chi connectivity index (χ2v) is 4.10. The zero-order chi connectivity index (χ0) is 9.80. The molecule has 1 aromatic rings. The number of carbonyl (C=O) groups excluding carboxylic acids is 1. The molecule has 0 atom stereocenters. The first-order chi connectivity index (χ1) is 6.86. The van der Waals surface area contributed by atoms with E-state index >= 15 is 0 Å². The van der Waals surface area contributed by atoms with Crippen molar-refractivity contribution in [3.05, 3.63) is 22.4 Å². The number of thiophene rings is 1. The first-order valence-corrected chi connectivity index (χ1v) is 5.54. The molecule has 5 heteroatoms. The molecular formula is C9H13N3OS. The number of amides is 1. The molecule has 0 aliphatic carbocycles. The number of piperazine rings is 1. The topological polar surface area (TPSA) is 44.4 Å². The highest BCUT2D eigenvalue weighted by atomic mass is 32.1. The Balaban J connectivity index is 1.87. The van der Waals surface area contributed by atoms with Gasteiger partial charge in [-0.3, -0.25) is 10.2 Å². The summed E-state index contributed by atoms with van der Waals surface area (Å²) in [5.74, 6) is 0.00176. The molecular weight excluding hydrogens is 198 g/mol. The molecule has 0 saturated carbocycles. The Labute approximate surface area is 86.9 Å². The lowest BCUT2D eigenvalue weighted by atomic mass is 10.4. The van der Waals surface area contributed by atoms with E-state index in [2.05, 4.69) is 10.7 Å². The molecule has 1 aliphatic rings. The normalized spacial score (nSPS) is 18.0. The van der Waals surface area contributed by atoms with Crippen molar-refractivity contribution in [3.8, 4) is 0 Å². The standard InChI is InChI=1S/C9H13N3OS/c13-9(8-2-1-7-14-8)11-12-5-3-10-4-6-12/h1-2,7,10H,3-6H2,(H,11,13). The number of carbonyl (C=O) groups is 1. The van der Waals surface area contributed by atoms with E-state index in [0.717, 1.165) is 31.1 Å². The molecule has 1 aromatic heterocycles.